The molecule has 0 bridgehead atoms. The number of hydrogen-bond donors (Lipinski definition) is 1. The summed E-state index contributed by atoms with van der Waals surface area (Å²) < 4.78 is 16.0. The van der Waals surface area contributed by atoms with Crippen LogP contribution in [0.1, 0.15) is 40.6 Å². The van der Waals surface area contributed by atoms with Crippen LogP contribution in [0.5, 0.6) is 11.5 Å². The van der Waals surface area contributed by atoms with Gasteiger partial charge in [-0.15, -0.1) is 0 Å². The van der Waals surface area contributed by atoms with Crippen molar-refractivity contribution in [1.29, 1.82) is 0 Å². The number of benzene rings is 2. The van der Waals surface area contributed by atoms with E-state index in [0.717, 1.165) is 5.56 Å². The van der Waals surface area contributed by atoms with E-state index >= 15 is 0 Å². The van der Waals surface area contributed by atoms with Crippen LogP contribution in [0.15, 0.2) is 42.5 Å². The second kappa shape index (κ2) is 8.67. The fraction of sp³-hybridized carbons (Fsp3) is 0.348. The predicted molar refractivity (Wildman–Crippen MR) is 111 cm³/mol. The van der Waals surface area contributed by atoms with Crippen LogP contribution in [0.4, 0.5) is 0 Å². The molecule has 2 aromatic carbocycles. The summed E-state index contributed by atoms with van der Waals surface area (Å²) in [6.07, 6.45) is 0.357. The standard InChI is InChI=1S/C23H24N2O6/c1-29-18-9-7-14(13-19(18)30-2)11-12-24-21(27)17-8-10-20(26)25(17)22-15-5-3-4-6-16(15)23(28)31-22/h3-7,9,13,17,22H,8,10-12H2,1-2H3,(H,24,27)/t17-,22+/m0/s1. The van der Waals surface area contributed by atoms with E-state index < -0.39 is 18.2 Å². The molecule has 8 heteroatoms. The van der Waals surface area contributed by atoms with Gasteiger partial charge in [0.15, 0.2) is 11.5 Å². The van der Waals surface area contributed by atoms with E-state index in [9.17, 15) is 14.4 Å². The van der Waals surface area contributed by atoms with E-state index in [1.54, 1.807) is 38.5 Å². The Kier molecular flexibility index (Phi) is 5.79. The van der Waals surface area contributed by atoms with Gasteiger partial charge in [-0.1, -0.05) is 24.3 Å². The maximum absolute atomic E-state index is 12.9. The zero-order valence-electron chi connectivity index (χ0n) is 17.4. The zero-order valence-corrected chi connectivity index (χ0v) is 17.4. The van der Waals surface area contributed by atoms with Crippen LogP contribution in [0.3, 0.4) is 0 Å². The maximum Gasteiger partial charge on any atom is 0.340 e. The average molecular weight is 424 g/mol. The number of nitrogens with one attached hydrogen (secondary N) is 1. The molecule has 2 aliphatic heterocycles. The lowest BCUT2D eigenvalue weighted by Crippen LogP contribution is -2.46. The number of methoxy groups -OCH3 is 2. The Morgan fingerprint density at radius 2 is 1.90 bits per heavy atom. The van der Waals surface area contributed by atoms with Gasteiger partial charge in [-0.05, 0) is 36.6 Å². The monoisotopic (exact) mass is 424 g/mol. The summed E-state index contributed by atoms with van der Waals surface area (Å²) in [4.78, 5) is 39.0. The Hall–Kier alpha value is -3.55. The van der Waals surface area contributed by atoms with Gasteiger partial charge < -0.3 is 19.5 Å². The summed E-state index contributed by atoms with van der Waals surface area (Å²) in [6, 6.07) is 11.9. The van der Waals surface area contributed by atoms with Crippen LogP contribution in [0.2, 0.25) is 0 Å². The highest BCUT2D eigenvalue weighted by Gasteiger charge is 2.46. The van der Waals surface area contributed by atoms with Crippen LogP contribution in [-0.4, -0.2) is 49.5 Å². The number of esters is 1. The first-order chi connectivity index (χ1) is 15.0. The fourth-order valence-electron chi connectivity index (χ4n) is 4.07. The smallest absolute Gasteiger partial charge is 0.340 e. The molecule has 2 aromatic rings. The molecule has 0 unspecified atom stereocenters. The second-order valence-electron chi connectivity index (χ2n) is 7.43. The summed E-state index contributed by atoms with van der Waals surface area (Å²) in [5.74, 6) is 0.330. The van der Waals surface area contributed by atoms with E-state index in [0.29, 0.717) is 42.0 Å². The highest BCUT2D eigenvalue weighted by Crippen LogP contribution is 2.38. The van der Waals surface area contributed by atoms with Crippen LogP contribution >= 0.6 is 0 Å². The largest absolute Gasteiger partial charge is 0.493 e. The number of hydrogen-bond acceptors (Lipinski definition) is 6. The average Bonchev–Trinajstić information content (AvgIpc) is 3.33. The van der Waals surface area contributed by atoms with Crippen molar-refractivity contribution in [3.8, 4) is 11.5 Å². The maximum atomic E-state index is 12.9. The summed E-state index contributed by atoms with van der Waals surface area (Å²) in [7, 11) is 3.15. The highest BCUT2D eigenvalue weighted by molar-refractivity contribution is 5.96. The molecule has 162 valence electrons. The van der Waals surface area contributed by atoms with Gasteiger partial charge in [0.05, 0.1) is 19.8 Å². The van der Waals surface area contributed by atoms with Crippen LogP contribution in [-0.2, 0) is 20.7 Å². The third-order valence-electron chi connectivity index (χ3n) is 5.64. The molecular weight excluding hydrogens is 400 g/mol. The van der Waals surface area contributed by atoms with Gasteiger partial charge in [-0.3, -0.25) is 14.5 Å². The molecule has 1 fully saturated rings. The van der Waals surface area contributed by atoms with Gasteiger partial charge in [0.2, 0.25) is 18.0 Å². The quantitative estimate of drug-likeness (QED) is 0.685. The van der Waals surface area contributed by atoms with E-state index in [-0.39, 0.29) is 18.2 Å². The number of fused-ring (bicyclic) bond motifs is 1. The number of cyclic esters (lactones) is 1. The molecule has 0 radical (unpaired) electrons. The SMILES string of the molecule is COc1ccc(CCNC(=O)[C@@H]2CCC(=O)N2[C@@H]2OC(=O)c3ccccc32)cc1OC. The van der Waals surface area contributed by atoms with E-state index in [4.69, 9.17) is 14.2 Å². The third-order valence-corrected chi connectivity index (χ3v) is 5.64. The van der Waals surface area contributed by atoms with E-state index in [2.05, 4.69) is 5.32 Å². The van der Waals surface area contributed by atoms with Gasteiger partial charge in [0.25, 0.3) is 0 Å². The summed E-state index contributed by atoms with van der Waals surface area (Å²) in [5.41, 5.74) is 2.03. The number of ether oxygens (including phenoxy) is 3. The molecular formula is C23H24N2O6. The molecule has 0 aliphatic carbocycles. The van der Waals surface area contributed by atoms with Gasteiger partial charge in [0.1, 0.15) is 6.04 Å². The molecule has 2 atom stereocenters. The minimum Gasteiger partial charge on any atom is -0.493 e. The lowest BCUT2D eigenvalue weighted by molar-refractivity contribution is -0.145. The topological polar surface area (TPSA) is 94.2 Å². The van der Waals surface area contributed by atoms with Crippen LogP contribution in [0.25, 0.3) is 0 Å². The van der Waals surface area contributed by atoms with Gasteiger partial charge in [-0.2, -0.15) is 0 Å². The Labute approximate surface area is 180 Å². The van der Waals surface area contributed by atoms with Crippen molar-refractivity contribution in [2.45, 2.75) is 31.5 Å². The fourth-order valence-corrected chi connectivity index (χ4v) is 4.07. The first-order valence-corrected chi connectivity index (χ1v) is 10.1. The van der Waals surface area contributed by atoms with E-state index in [1.165, 1.54) is 4.90 Å². The number of rotatable bonds is 7. The van der Waals surface area contributed by atoms with Gasteiger partial charge >= 0.3 is 5.97 Å². The van der Waals surface area contributed by atoms with E-state index in [1.807, 2.05) is 18.2 Å². The lowest BCUT2D eigenvalue weighted by atomic mass is 10.1. The molecule has 0 spiro atoms. The number of amides is 2. The van der Waals surface area contributed by atoms with Crippen molar-refractivity contribution in [3.05, 3.63) is 59.2 Å². The number of nitrogens with zero attached hydrogens (tertiary/aromatic N) is 1. The van der Waals surface area contributed by atoms with Gasteiger partial charge in [-0.25, -0.2) is 4.79 Å². The van der Waals surface area contributed by atoms with Crippen molar-refractivity contribution in [1.82, 2.24) is 10.2 Å². The second-order valence-corrected chi connectivity index (χ2v) is 7.43. The zero-order chi connectivity index (χ0) is 22.0. The molecule has 2 heterocycles. The molecule has 0 aromatic heterocycles. The van der Waals surface area contributed by atoms with Crippen molar-refractivity contribution >= 4 is 17.8 Å². The Morgan fingerprint density at radius 1 is 1.13 bits per heavy atom. The number of carbonyl (C=O) groups excluding carboxylic acids is 3. The van der Waals surface area contributed by atoms with Crippen LogP contribution in [0, 0.1) is 0 Å². The molecule has 4 rings (SSSR count). The molecule has 31 heavy (non-hydrogen) atoms. The minimum absolute atomic E-state index is 0.199. The highest BCUT2D eigenvalue weighted by atomic mass is 16.6. The number of carbonyl (C=O) groups is 3. The third kappa shape index (κ3) is 3.93. The minimum atomic E-state index is -0.861. The van der Waals surface area contributed by atoms with Crippen molar-refractivity contribution in [3.63, 3.8) is 0 Å². The Bertz CT molecular complexity index is 1020. The molecule has 1 saturated heterocycles. The predicted octanol–water partition coefficient (Wildman–Crippen LogP) is 2.22. The van der Waals surface area contributed by atoms with Gasteiger partial charge in [0, 0.05) is 18.5 Å². The summed E-state index contributed by atoms with van der Waals surface area (Å²) in [6.45, 7) is 0.397. The lowest BCUT2D eigenvalue weighted by Gasteiger charge is -2.29. The normalized spacial score (nSPS) is 19.7. The van der Waals surface area contributed by atoms with Crippen molar-refractivity contribution in [2.24, 2.45) is 0 Å². The molecule has 2 aliphatic rings. The molecule has 0 saturated carbocycles. The molecule has 1 N–H and O–H groups in total. The molecule has 2 amide bonds. The Balaban J connectivity index is 1.42. The van der Waals surface area contributed by atoms with Crippen molar-refractivity contribution in [2.75, 3.05) is 20.8 Å². The van der Waals surface area contributed by atoms with Crippen molar-refractivity contribution < 1.29 is 28.6 Å². The molecule has 8 nitrogen and oxygen atoms in total. The first kappa shape index (κ1) is 20.7. The number of likely N-dealkylation sites (tertiary alicyclic amines) is 1. The van der Waals surface area contributed by atoms with Crippen LogP contribution < -0.4 is 14.8 Å². The first-order valence-electron chi connectivity index (χ1n) is 10.1. The summed E-state index contributed by atoms with van der Waals surface area (Å²) in [5, 5.41) is 2.90. The Morgan fingerprint density at radius 3 is 2.68 bits per heavy atom. The summed E-state index contributed by atoms with van der Waals surface area (Å²) >= 11 is 0.